The average molecular weight is 456 g/mol. The normalized spacial score (nSPS) is 22.0. The van der Waals surface area contributed by atoms with Gasteiger partial charge in [0.25, 0.3) is 5.91 Å². The Kier molecular flexibility index (Phi) is 5.30. The second-order valence-corrected chi connectivity index (χ2v) is 10.3. The van der Waals surface area contributed by atoms with Gasteiger partial charge < -0.3 is 14.8 Å². The predicted octanol–water partition coefficient (Wildman–Crippen LogP) is 5.22. The molecule has 1 aromatic carbocycles. The molecule has 1 saturated carbocycles. The summed E-state index contributed by atoms with van der Waals surface area (Å²) >= 11 is 7.67. The number of hydrogen-bond donors (Lipinski definition) is 1. The van der Waals surface area contributed by atoms with Crippen LogP contribution in [0, 0.1) is 0 Å². The third-order valence-corrected chi connectivity index (χ3v) is 7.84. The van der Waals surface area contributed by atoms with Crippen molar-refractivity contribution in [3.63, 3.8) is 0 Å². The number of fused-ring (bicyclic) bond motifs is 3. The first-order valence-corrected chi connectivity index (χ1v) is 12.2. The SMILES string of the molecule is CC1(C(=O)NC2CCCCC2)Cn2c(cc3sccc32)C(=O)N1Cc1ccc(Cl)cc1. The van der Waals surface area contributed by atoms with Crippen LogP contribution in [-0.2, 0) is 17.9 Å². The van der Waals surface area contributed by atoms with Crippen LogP contribution in [0.2, 0.25) is 5.02 Å². The van der Waals surface area contributed by atoms with Crippen LogP contribution in [-0.4, -0.2) is 32.9 Å². The number of nitrogens with one attached hydrogen (secondary N) is 1. The topological polar surface area (TPSA) is 54.3 Å². The van der Waals surface area contributed by atoms with Crippen molar-refractivity contribution in [3.8, 4) is 0 Å². The Balaban J connectivity index is 1.52. The Labute approximate surface area is 191 Å². The zero-order chi connectivity index (χ0) is 21.6. The molecule has 5 nitrogen and oxygen atoms in total. The van der Waals surface area contributed by atoms with Gasteiger partial charge in [0.2, 0.25) is 5.91 Å². The maximum atomic E-state index is 13.7. The summed E-state index contributed by atoms with van der Waals surface area (Å²) in [6.07, 6.45) is 5.54. The summed E-state index contributed by atoms with van der Waals surface area (Å²) in [5.41, 5.74) is 1.65. The molecule has 3 heterocycles. The van der Waals surface area contributed by atoms with Gasteiger partial charge in [-0.05, 0) is 55.0 Å². The van der Waals surface area contributed by atoms with E-state index in [1.807, 2.05) is 53.3 Å². The minimum atomic E-state index is -0.977. The summed E-state index contributed by atoms with van der Waals surface area (Å²) < 4.78 is 3.10. The van der Waals surface area contributed by atoms with Crippen LogP contribution in [0.1, 0.15) is 55.1 Å². The maximum absolute atomic E-state index is 13.7. The number of hydrogen-bond acceptors (Lipinski definition) is 3. The molecule has 0 radical (unpaired) electrons. The van der Waals surface area contributed by atoms with Crippen LogP contribution in [0.5, 0.6) is 0 Å². The first kappa shape index (κ1) is 20.6. The average Bonchev–Trinajstić information content (AvgIpc) is 3.36. The molecule has 2 amide bonds. The fourth-order valence-electron chi connectivity index (χ4n) is 4.88. The van der Waals surface area contributed by atoms with E-state index in [1.54, 1.807) is 16.2 Å². The van der Waals surface area contributed by atoms with E-state index in [2.05, 4.69) is 5.32 Å². The van der Waals surface area contributed by atoms with E-state index >= 15 is 0 Å². The largest absolute Gasteiger partial charge is 0.351 e. The third kappa shape index (κ3) is 3.66. The summed E-state index contributed by atoms with van der Waals surface area (Å²) in [6, 6.07) is 11.7. The van der Waals surface area contributed by atoms with Crippen molar-refractivity contribution in [1.82, 2.24) is 14.8 Å². The molecule has 1 atom stereocenters. The number of nitrogens with zero attached hydrogens (tertiary/aromatic N) is 2. The second-order valence-electron chi connectivity index (χ2n) is 8.89. The predicted molar refractivity (Wildman–Crippen MR) is 125 cm³/mol. The number of carbonyl (C=O) groups excluding carboxylic acids is 2. The molecule has 5 rings (SSSR count). The maximum Gasteiger partial charge on any atom is 0.271 e. The summed E-state index contributed by atoms with van der Waals surface area (Å²) in [4.78, 5) is 29.1. The Morgan fingerprint density at radius 2 is 1.94 bits per heavy atom. The first-order valence-electron chi connectivity index (χ1n) is 10.9. The number of halogens is 1. The quantitative estimate of drug-likeness (QED) is 0.586. The number of rotatable bonds is 4. The summed E-state index contributed by atoms with van der Waals surface area (Å²) in [7, 11) is 0. The standard InChI is InChI=1S/C24H26ClN3O2S/c1-24(23(30)26-18-5-3-2-4-6-18)15-27-19-11-12-31-21(19)13-20(27)22(29)28(24)14-16-7-9-17(25)10-8-16/h7-13,18H,2-6,14-15H2,1H3,(H,26,30). The second kappa shape index (κ2) is 7.99. The molecule has 31 heavy (non-hydrogen) atoms. The highest BCUT2D eigenvalue weighted by atomic mass is 35.5. The lowest BCUT2D eigenvalue weighted by Gasteiger charge is -2.45. The van der Waals surface area contributed by atoms with Gasteiger partial charge in [-0.25, -0.2) is 0 Å². The van der Waals surface area contributed by atoms with E-state index in [0.29, 0.717) is 23.8 Å². The van der Waals surface area contributed by atoms with E-state index in [1.165, 1.54) is 6.42 Å². The molecular formula is C24H26ClN3O2S. The lowest BCUT2D eigenvalue weighted by molar-refractivity contribution is -0.134. The molecule has 1 aliphatic carbocycles. The van der Waals surface area contributed by atoms with Crippen LogP contribution in [0.4, 0.5) is 0 Å². The van der Waals surface area contributed by atoms with Gasteiger partial charge in [0.1, 0.15) is 11.2 Å². The van der Waals surface area contributed by atoms with Crippen molar-refractivity contribution in [2.24, 2.45) is 0 Å². The molecule has 7 heteroatoms. The molecule has 1 aliphatic heterocycles. The highest BCUT2D eigenvalue weighted by Gasteiger charge is 2.48. The number of carbonyl (C=O) groups is 2. The van der Waals surface area contributed by atoms with Crippen LogP contribution < -0.4 is 5.32 Å². The van der Waals surface area contributed by atoms with Crippen molar-refractivity contribution in [1.29, 1.82) is 0 Å². The molecule has 2 aliphatic rings. The fraction of sp³-hybridized carbons (Fsp3) is 0.417. The van der Waals surface area contributed by atoms with Gasteiger partial charge in [-0.15, -0.1) is 11.3 Å². The third-order valence-electron chi connectivity index (χ3n) is 6.73. The lowest BCUT2D eigenvalue weighted by atomic mass is 9.91. The molecule has 162 valence electrons. The summed E-state index contributed by atoms with van der Waals surface area (Å²) in [6.45, 7) is 2.71. The first-order chi connectivity index (χ1) is 15.0. The molecule has 2 aromatic heterocycles. The van der Waals surface area contributed by atoms with Crippen molar-refractivity contribution in [2.45, 2.75) is 63.7 Å². The highest BCUT2D eigenvalue weighted by Crippen LogP contribution is 2.35. The Morgan fingerprint density at radius 3 is 2.68 bits per heavy atom. The number of amides is 2. The van der Waals surface area contributed by atoms with Crippen molar-refractivity contribution < 1.29 is 9.59 Å². The summed E-state index contributed by atoms with van der Waals surface area (Å²) in [5.74, 6) is -0.171. The van der Waals surface area contributed by atoms with Gasteiger partial charge in [-0.3, -0.25) is 9.59 Å². The fourth-order valence-corrected chi connectivity index (χ4v) is 5.83. The lowest BCUT2D eigenvalue weighted by Crippen LogP contribution is -2.64. The number of aromatic nitrogens is 1. The van der Waals surface area contributed by atoms with Crippen LogP contribution in [0.15, 0.2) is 41.8 Å². The Morgan fingerprint density at radius 1 is 1.19 bits per heavy atom. The Hall–Kier alpha value is -2.31. The zero-order valence-corrected chi connectivity index (χ0v) is 19.1. The van der Waals surface area contributed by atoms with E-state index in [-0.39, 0.29) is 17.9 Å². The Bertz CT molecular complexity index is 1130. The minimum Gasteiger partial charge on any atom is -0.351 e. The van der Waals surface area contributed by atoms with E-state index < -0.39 is 5.54 Å². The van der Waals surface area contributed by atoms with Crippen LogP contribution >= 0.6 is 22.9 Å². The molecule has 1 N–H and O–H groups in total. The molecule has 0 spiro atoms. The van der Waals surface area contributed by atoms with Crippen molar-refractivity contribution in [3.05, 3.63) is 58.1 Å². The van der Waals surface area contributed by atoms with Crippen LogP contribution in [0.3, 0.4) is 0 Å². The van der Waals surface area contributed by atoms with Gasteiger partial charge in [0, 0.05) is 17.6 Å². The summed E-state index contributed by atoms with van der Waals surface area (Å²) in [5, 5.41) is 5.96. The smallest absolute Gasteiger partial charge is 0.271 e. The van der Waals surface area contributed by atoms with Gasteiger partial charge >= 0.3 is 0 Å². The minimum absolute atomic E-state index is 0.0653. The van der Waals surface area contributed by atoms with Crippen molar-refractivity contribution in [2.75, 3.05) is 0 Å². The monoisotopic (exact) mass is 455 g/mol. The molecule has 1 fully saturated rings. The zero-order valence-electron chi connectivity index (χ0n) is 17.6. The van der Waals surface area contributed by atoms with Gasteiger partial charge in [0.15, 0.2) is 0 Å². The van der Waals surface area contributed by atoms with E-state index in [4.69, 9.17) is 11.6 Å². The highest BCUT2D eigenvalue weighted by molar-refractivity contribution is 7.17. The van der Waals surface area contributed by atoms with Gasteiger partial charge in [-0.2, -0.15) is 0 Å². The van der Waals surface area contributed by atoms with Crippen LogP contribution in [0.25, 0.3) is 10.2 Å². The van der Waals surface area contributed by atoms with Crippen molar-refractivity contribution >= 4 is 45.0 Å². The van der Waals surface area contributed by atoms with E-state index in [9.17, 15) is 9.59 Å². The van der Waals surface area contributed by atoms with Gasteiger partial charge in [-0.1, -0.05) is 43.0 Å². The number of benzene rings is 1. The number of thiophene rings is 1. The molecule has 1 unspecified atom stereocenters. The molecule has 3 aromatic rings. The van der Waals surface area contributed by atoms with E-state index in [0.717, 1.165) is 41.5 Å². The molecule has 0 saturated heterocycles. The molecule has 0 bridgehead atoms. The van der Waals surface area contributed by atoms with Gasteiger partial charge in [0.05, 0.1) is 16.8 Å². The molecular weight excluding hydrogens is 430 g/mol.